The Morgan fingerprint density at radius 3 is 2.65 bits per heavy atom. The molecule has 0 spiro atoms. The summed E-state index contributed by atoms with van der Waals surface area (Å²) in [5.41, 5.74) is 2.08. The molecule has 0 unspecified atom stereocenters. The van der Waals surface area contributed by atoms with Gasteiger partial charge < -0.3 is 14.8 Å². The van der Waals surface area contributed by atoms with Crippen molar-refractivity contribution < 1.29 is 14.3 Å². The van der Waals surface area contributed by atoms with Crippen LogP contribution in [0.5, 0.6) is 11.6 Å². The van der Waals surface area contributed by atoms with Gasteiger partial charge in [-0.2, -0.15) is 0 Å². The maximum absolute atomic E-state index is 11.9. The predicted octanol–water partition coefficient (Wildman–Crippen LogP) is 2.74. The van der Waals surface area contributed by atoms with E-state index in [2.05, 4.69) is 10.3 Å². The average Bonchev–Trinajstić information content (AvgIpc) is 2.60. The average molecular weight is 314 g/mol. The molecule has 0 radical (unpaired) electrons. The van der Waals surface area contributed by atoms with Gasteiger partial charge in [0.2, 0.25) is 11.8 Å². The molecule has 1 aromatic carbocycles. The summed E-state index contributed by atoms with van der Waals surface area (Å²) in [4.78, 5) is 16.0. The lowest BCUT2D eigenvalue weighted by Crippen LogP contribution is -2.23. The molecule has 0 saturated heterocycles. The monoisotopic (exact) mass is 314 g/mol. The summed E-state index contributed by atoms with van der Waals surface area (Å²) in [7, 11) is 1.57. The zero-order chi connectivity index (χ0) is 16.5. The van der Waals surface area contributed by atoms with E-state index in [1.54, 1.807) is 13.3 Å². The molecule has 1 heterocycles. The van der Waals surface area contributed by atoms with Gasteiger partial charge in [0.1, 0.15) is 5.75 Å². The van der Waals surface area contributed by atoms with E-state index in [1.807, 2.05) is 43.3 Å². The molecule has 0 atom stereocenters. The SMILES string of the molecule is CCOc1ccc(CCC(=O)NCc2ccnc(OC)c2)cc1. The van der Waals surface area contributed by atoms with E-state index in [4.69, 9.17) is 9.47 Å². The zero-order valence-electron chi connectivity index (χ0n) is 13.5. The van der Waals surface area contributed by atoms with E-state index in [9.17, 15) is 4.79 Å². The molecule has 2 aromatic rings. The van der Waals surface area contributed by atoms with Crippen LogP contribution in [0.2, 0.25) is 0 Å². The maximum atomic E-state index is 11.9. The van der Waals surface area contributed by atoms with E-state index in [0.29, 0.717) is 31.9 Å². The van der Waals surface area contributed by atoms with Crippen LogP contribution in [-0.4, -0.2) is 24.6 Å². The van der Waals surface area contributed by atoms with Gasteiger partial charge in [0.25, 0.3) is 0 Å². The van der Waals surface area contributed by atoms with Crippen LogP contribution in [0.4, 0.5) is 0 Å². The highest BCUT2D eigenvalue weighted by Crippen LogP contribution is 2.13. The number of amides is 1. The van der Waals surface area contributed by atoms with Crippen molar-refractivity contribution in [3.63, 3.8) is 0 Å². The maximum Gasteiger partial charge on any atom is 0.220 e. The molecule has 5 heteroatoms. The van der Waals surface area contributed by atoms with Gasteiger partial charge in [-0.15, -0.1) is 0 Å². The normalized spacial score (nSPS) is 10.2. The molecule has 1 aromatic heterocycles. The standard InChI is InChI=1S/C18H22N2O3/c1-3-23-16-7-4-14(5-8-16)6-9-17(21)20-13-15-10-11-19-18(12-15)22-2/h4-5,7-8,10-12H,3,6,9,13H2,1-2H3,(H,20,21). The van der Waals surface area contributed by atoms with Crippen molar-refractivity contribution in [2.75, 3.05) is 13.7 Å². The molecule has 5 nitrogen and oxygen atoms in total. The zero-order valence-corrected chi connectivity index (χ0v) is 13.5. The number of aromatic nitrogens is 1. The number of rotatable bonds is 8. The number of ether oxygens (including phenoxy) is 2. The second kappa shape index (κ2) is 8.78. The van der Waals surface area contributed by atoms with Crippen molar-refractivity contribution in [2.24, 2.45) is 0 Å². The lowest BCUT2D eigenvalue weighted by Gasteiger charge is -2.07. The van der Waals surface area contributed by atoms with Crippen LogP contribution in [-0.2, 0) is 17.8 Å². The van der Waals surface area contributed by atoms with Crippen LogP contribution < -0.4 is 14.8 Å². The summed E-state index contributed by atoms with van der Waals surface area (Å²) in [6.07, 6.45) is 2.83. The van der Waals surface area contributed by atoms with Gasteiger partial charge in [0.05, 0.1) is 13.7 Å². The molecule has 122 valence electrons. The van der Waals surface area contributed by atoms with Crippen molar-refractivity contribution in [3.05, 3.63) is 53.7 Å². The van der Waals surface area contributed by atoms with E-state index in [1.165, 1.54) is 0 Å². The highest BCUT2D eigenvalue weighted by Gasteiger charge is 2.04. The van der Waals surface area contributed by atoms with Crippen molar-refractivity contribution in [1.29, 1.82) is 0 Å². The smallest absolute Gasteiger partial charge is 0.220 e. The third kappa shape index (κ3) is 5.62. The molecular formula is C18H22N2O3. The Morgan fingerprint density at radius 2 is 1.96 bits per heavy atom. The molecular weight excluding hydrogens is 292 g/mol. The molecule has 0 fully saturated rings. The molecule has 0 aliphatic rings. The van der Waals surface area contributed by atoms with E-state index >= 15 is 0 Å². The molecule has 1 amide bonds. The second-order valence-corrected chi connectivity index (χ2v) is 5.06. The van der Waals surface area contributed by atoms with Gasteiger partial charge in [-0.25, -0.2) is 4.98 Å². The van der Waals surface area contributed by atoms with Gasteiger partial charge in [0, 0.05) is 25.2 Å². The van der Waals surface area contributed by atoms with Crippen molar-refractivity contribution in [3.8, 4) is 11.6 Å². The number of hydrogen-bond donors (Lipinski definition) is 1. The minimum Gasteiger partial charge on any atom is -0.494 e. The van der Waals surface area contributed by atoms with Gasteiger partial charge >= 0.3 is 0 Å². The summed E-state index contributed by atoms with van der Waals surface area (Å²) in [5.74, 6) is 1.42. The van der Waals surface area contributed by atoms with Gasteiger partial charge in [-0.1, -0.05) is 12.1 Å². The van der Waals surface area contributed by atoms with Gasteiger partial charge in [-0.05, 0) is 42.7 Å². The summed E-state index contributed by atoms with van der Waals surface area (Å²) >= 11 is 0. The lowest BCUT2D eigenvalue weighted by molar-refractivity contribution is -0.121. The molecule has 1 N–H and O–H groups in total. The molecule has 0 bridgehead atoms. The van der Waals surface area contributed by atoms with Crippen LogP contribution in [0, 0.1) is 0 Å². The first kappa shape index (κ1) is 16.8. The highest BCUT2D eigenvalue weighted by atomic mass is 16.5. The van der Waals surface area contributed by atoms with Gasteiger partial charge in [-0.3, -0.25) is 4.79 Å². The number of hydrogen-bond acceptors (Lipinski definition) is 4. The number of carbonyl (C=O) groups excluding carboxylic acids is 1. The number of nitrogens with zero attached hydrogens (tertiary/aromatic N) is 1. The fourth-order valence-electron chi connectivity index (χ4n) is 2.14. The first-order valence-corrected chi connectivity index (χ1v) is 7.68. The Hall–Kier alpha value is -2.56. The molecule has 0 aliphatic carbocycles. The number of carbonyl (C=O) groups is 1. The third-order valence-electron chi connectivity index (χ3n) is 3.37. The fourth-order valence-corrected chi connectivity index (χ4v) is 2.14. The van der Waals surface area contributed by atoms with E-state index in [0.717, 1.165) is 16.9 Å². The number of aryl methyl sites for hydroxylation is 1. The van der Waals surface area contributed by atoms with Crippen LogP contribution >= 0.6 is 0 Å². The molecule has 0 aliphatic heterocycles. The Balaban J connectivity index is 1.76. The molecule has 23 heavy (non-hydrogen) atoms. The first-order valence-electron chi connectivity index (χ1n) is 7.68. The minimum atomic E-state index is 0.0228. The predicted molar refractivity (Wildman–Crippen MR) is 88.6 cm³/mol. The summed E-state index contributed by atoms with van der Waals surface area (Å²) in [6, 6.07) is 11.5. The van der Waals surface area contributed by atoms with Crippen LogP contribution in [0.3, 0.4) is 0 Å². The number of pyridine rings is 1. The Labute approximate surface area is 136 Å². The summed E-state index contributed by atoms with van der Waals surface area (Å²) < 4.78 is 10.5. The van der Waals surface area contributed by atoms with Crippen molar-refractivity contribution in [1.82, 2.24) is 10.3 Å². The van der Waals surface area contributed by atoms with Gasteiger partial charge in [0.15, 0.2) is 0 Å². The van der Waals surface area contributed by atoms with Crippen molar-refractivity contribution >= 4 is 5.91 Å². The Kier molecular flexibility index (Phi) is 6.41. The van der Waals surface area contributed by atoms with Crippen molar-refractivity contribution in [2.45, 2.75) is 26.3 Å². The van der Waals surface area contributed by atoms with E-state index < -0.39 is 0 Å². The Bertz CT molecular complexity index is 626. The minimum absolute atomic E-state index is 0.0228. The van der Waals surface area contributed by atoms with Crippen LogP contribution in [0.25, 0.3) is 0 Å². The van der Waals surface area contributed by atoms with Crippen LogP contribution in [0.15, 0.2) is 42.6 Å². The number of methoxy groups -OCH3 is 1. The fraction of sp³-hybridized carbons (Fsp3) is 0.333. The molecule has 2 rings (SSSR count). The van der Waals surface area contributed by atoms with Crippen LogP contribution in [0.1, 0.15) is 24.5 Å². The lowest BCUT2D eigenvalue weighted by atomic mass is 10.1. The number of benzene rings is 1. The van der Waals surface area contributed by atoms with E-state index in [-0.39, 0.29) is 5.91 Å². The highest BCUT2D eigenvalue weighted by molar-refractivity contribution is 5.76. The first-order chi connectivity index (χ1) is 11.2. The second-order valence-electron chi connectivity index (χ2n) is 5.06. The Morgan fingerprint density at radius 1 is 1.17 bits per heavy atom. The third-order valence-corrected chi connectivity index (χ3v) is 3.37. The summed E-state index contributed by atoms with van der Waals surface area (Å²) in [5, 5.41) is 2.91. The number of nitrogens with one attached hydrogen (secondary N) is 1. The molecule has 0 saturated carbocycles. The summed E-state index contributed by atoms with van der Waals surface area (Å²) in [6.45, 7) is 3.08. The largest absolute Gasteiger partial charge is 0.494 e. The quantitative estimate of drug-likeness (QED) is 0.814. The topological polar surface area (TPSA) is 60.5 Å².